The molecule has 1 heterocycles. The number of hydrogen-bond donors (Lipinski definition) is 1. The molecule has 1 aromatic rings. The summed E-state index contributed by atoms with van der Waals surface area (Å²) >= 11 is 1.81. The van der Waals surface area contributed by atoms with Crippen LogP contribution in [0.1, 0.15) is 22.3 Å². The van der Waals surface area contributed by atoms with Gasteiger partial charge in [0.15, 0.2) is 0 Å². The van der Waals surface area contributed by atoms with Crippen LogP contribution in [0.5, 0.6) is 0 Å². The van der Waals surface area contributed by atoms with Crippen LogP contribution < -0.4 is 0 Å². The maximum absolute atomic E-state index is 13.4. The smallest absolute Gasteiger partial charge is 0.255 e. The van der Waals surface area contributed by atoms with E-state index in [9.17, 15) is 9.18 Å². The van der Waals surface area contributed by atoms with Crippen molar-refractivity contribution in [3.8, 4) is 11.8 Å². The minimum absolute atomic E-state index is 0.0270. The Hall–Kier alpha value is -1.51. The molecule has 1 aliphatic rings. The summed E-state index contributed by atoms with van der Waals surface area (Å²) in [6, 6.07) is 4.06. The molecule has 0 saturated carbocycles. The zero-order valence-electron chi connectivity index (χ0n) is 11.1. The first kappa shape index (κ1) is 14.9. The molecule has 0 bridgehead atoms. The predicted octanol–water partition coefficient (Wildman–Crippen LogP) is 1.75. The van der Waals surface area contributed by atoms with Crippen LogP contribution in [0.2, 0.25) is 0 Å². The second-order valence-corrected chi connectivity index (χ2v) is 5.59. The summed E-state index contributed by atoms with van der Waals surface area (Å²) in [5, 5.41) is 8.73. The second kappa shape index (κ2) is 7.32. The SMILES string of the molecule is O=C(c1cc(F)ccc1C#CCCO)N1CCSCC1. The van der Waals surface area contributed by atoms with Gasteiger partial charge in [0, 0.05) is 36.6 Å². The van der Waals surface area contributed by atoms with Crippen molar-refractivity contribution in [1.29, 1.82) is 0 Å². The van der Waals surface area contributed by atoms with Crippen LogP contribution in [0.25, 0.3) is 0 Å². The highest BCUT2D eigenvalue weighted by Crippen LogP contribution is 2.17. The number of carbonyl (C=O) groups is 1. The van der Waals surface area contributed by atoms with E-state index in [1.165, 1.54) is 18.2 Å². The molecule has 1 saturated heterocycles. The molecule has 0 unspecified atom stereocenters. The fourth-order valence-electron chi connectivity index (χ4n) is 1.95. The van der Waals surface area contributed by atoms with Crippen molar-refractivity contribution in [2.75, 3.05) is 31.2 Å². The van der Waals surface area contributed by atoms with Gasteiger partial charge >= 0.3 is 0 Å². The molecule has 2 rings (SSSR count). The van der Waals surface area contributed by atoms with Gasteiger partial charge in [-0.25, -0.2) is 4.39 Å². The van der Waals surface area contributed by atoms with Crippen molar-refractivity contribution < 1.29 is 14.3 Å². The lowest BCUT2D eigenvalue weighted by Crippen LogP contribution is -2.38. The van der Waals surface area contributed by atoms with E-state index in [0.717, 1.165) is 11.5 Å². The molecule has 0 aliphatic carbocycles. The fraction of sp³-hybridized carbons (Fsp3) is 0.400. The van der Waals surface area contributed by atoms with E-state index < -0.39 is 5.82 Å². The fourth-order valence-corrected chi connectivity index (χ4v) is 2.86. The van der Waals surface area contributed by atoms with E-state index >= 15 is 0 Å². The summed E-state index contributed by atoms with van der Waals surface area (Å²) in [5.41, 5.74) is 0.824. The molecule has 1 fully saturated rings. The summed E-state index contributed by atoms with van der Waals surface area (Å²) in [4.78, 5) is 14.2. The second-order valence-electron chi connectivity index (χ2n) is 4.37. The standard InChI is InChI=1S/C15H16FNO2S/c16-13-5-4-12(3-1-2-8-18)14(11-13)15(19)17-6-9-20-10-7-17/h4-5,11,18H,2,6-10H2. The predicted molar refractivity (Wildman–Crippen MR) is 78.2 cm³/mol. The van der Waals surface area contributed by atoms with Crippen molar-refractivity contribution in [1.82, 2.24) is 4.90 Å². The Morgan fingerprint density at radius 2 is 2.15 bits per heavy atom. The Morgan fingerprint density at radius 1 is 1.40 bits per heavy atom. The number of halogens is 1. The van der Waals surface area contributed by atoms with Gasteiger partial charge in [-0.1, -0.05) is 11.8 Å². The maximum Gasteiger partial charge on any atom is 0.255 e. The number of aliphatic hydroxyl groups excluding tert-OH is 1. The Balaban J connectivity index is 2.26. The van der Waals surface area contributed by atoms with Gasteiger partial charge in [-0.3, -0.25) is 4.79 Å². The average molecular weight is 293 g/mol. The largest absolute Gasteiger partial charge is 0.395 e. The van der Waals surface area contributed by atoms with Gasteiger partial charge in [-0.2, -0.15) is 11.8 Å². The summed E-state index contributed by atoms with van der Waals surface area (Å²) < 4.78 is 13.4. The Labute approximate surface area is 122 Å². The van der Waals surface area contributed by atoms with Gasteiger partial charge in [0.25, 0.3) is 5.91 Å². The van der Waals surface area contributed by atoms with E-state index in [1.54, 1.807) is 4.90 Å². The van der Waals surface area contributed by atoms with Crippen LogP contribution in [0.4, 0.5) is 4.39 Å². The lowest BCUT2D eigenvalue weighted by Gasteiger charge is -2.26. The lowest BCUT2D eigenvalue weighted by atomic mass is 10.1. The summed E-state index contributed by atoms with van der Waals surface area (Å²) in [5.74, 6) is 6.82. The lowest BCUT2D eigenvalue weighted by molar-refractivity contribution is 0.0771. The molecule has 0 spiro atoms. The zero-order valence-corrected chi connectivity index (χ0v) is 11.9. The van der Waals surface area contributed by atoms with Crippen LogP contribution in [0, 0.1) is 17.7 Å². The summed E-state index contributed by atoms with van der Waals surface area (Å²) in [7, 11) is 0. The van der Waals surface area contributed by atoms with E-state index in [1.807, 2.05) is 11.8 Å². The highest BCUT2D eigenvalue weighted by molar-refractivity contribution is 7.99. The summed E-state index contributed by atoms with van der Waals surface area (Å²) in [6.45, 7) is 1.34. The van der Waals surface area contributed by atoms with Crippen LogP contribution >= 0.6 is 11.8 Å². The number of aliphatic hydroxyl groups is 1. The van der Waals surface area contributed by atoms with Gasteiger partial charge in [-0.05, 0) is 18.2 Å². The molecule has 1 amide bonds. The number of benzene rings is 1. The molecule has 0 atom stereocenters. The molecule has 20 heavy (non-hydrogen) atoms. The monoisotopic (exact) mass is 293 g/mol. The normalized spacial score (nSPS) is 14.6. The maximum atomic E-state index is 13.4. The van der Waals surface area contributed by atoms with Crippen LogP contribution in [-0.2, 0) is 0 Å². The highest BCUT2D eigenvalue weighted by Gasteiger charge is 2.20. The summed E-state index contributed by atoms with van der Waals surface area (Å²) in [6.07, 6.45) is 0.339. The first-order chi connectivity index (χ1) is 9.72. The first-order valence-electron chi connectivity index (χ1n) is 6.48. The quantitative estimate of drug-likeness (QED) is 0.845. The van der Waals surface area contributed by atoms with Crippen LogP contribution in [-0.4, -0.2) is 47.1 Å². The van der Waals surface area contributed by atoms with E-state index in [0.29, 0.717) is 30.6 Å². The number of nitrogens with zero attached hydrogens (tertiary/aromatic N) is 1. The van der Waals surface area contributed by atoms with Gasteiger partial charge < -0.3 is 10.0 Å². The van der Waals surface area contributed by atoms with Crippen molar-refractivity contribution >= 4 is 17.7 Å². The molecule has 1 N–H and O–H groups in total. The minimum atomic E-state index is -0.438. The molecule has 5 heteroatoms. The topological polar surface area (TPSA) is 40.5 Å². The van der Waals surface area contributed by atoms with Gasteiger partial charge in [-0.15, -0.1) is 0 Å². The average Bonchev–Trinajstić information content (AvgIpc) is 2.49. The molecular formula is C15H16FNO2S. The third kappa shape index (κ3) is 3.75. The molecule has 1 aliphatic heterocycles. The van der Waals surface area contributed by atoms with Gasteiger partial charge in [0.2, 0.25) is 0 Å². The number of hydrogen-bond acceptors (Lipinski definition) is 3. The van der Waals surface area contributed by atoms with E-state index in [4.69, 9.17) is 5.11 Å². The van der Waals surface area contributed by atoms with Gasteiger partial charge in [0.1, 0.15) is 5.82 Å². The highest BCUT2D eigenvalue weighted by atomic mass is 32.2. The van der Waals surface area contributed by atoms with E-state index in [-0.39, 0.29) is 12.5 Å². The minimum Gasteiger partial charge on any atom is -0.395 e. The van der Waals surface area contributed by atoms with Crippen molar-refractivity contribution in [2.24, 2.45) is 0 Å². The van der Waals surface area contributed by atoms with Crippen LogP contribution in [0.15, 0.2) is 18.2 Å². The number of thioether (sulfide) groups is 1. The number of amides is 1. The number of carbonyl (C=O) groups excluding carboxylic acids is 1. The Morgan fingerprint density at radius 3 is 2.85 bits per heavy atom. The Bertz CT molecular complexity index is 545. The van der Waals surface area contributed by atoms with Crippen molar-refractivity contribution in [3.05, 3.63) is 35.1 Å². The molecule has 3 nitrogen and oxygen atoms in total. The van der Waals surface area contributed by atoms with Gasteiger partial charge in [0.05, 0.1) is 12.2 Å². The van der Waals surface area contributed by atoms with Crippen molar-refractivity contribution in [3.63, 3.8) is 0 Å². The molecule has 0 radical (unpaired) electrons. The Kier molecular flexibility index (Phi) is 5.45. The van der Waals surface area contributed by atoms with Crippen molar-refractivity contribution in [2.45, 2.75) is 6.42 Å². The zero-order chi connectivity index (χ0) is 14.4. The third-order valence-corrected chi connectivity index (χ3v) is 3.91. The molecule has 1 aromatic carbocycles. The molecule has 106 valence electrons. The number of rotatable bonds is 2. The molecule has 0 aromatic heterocycles. The first-order valence-corrected chi connectivity index (χ1v) is 7.64. The molecular weight excluding hydrogens is 277 g/mol. The van der Waals surface area contributed by atoms with Crippen LogP contribution in [0.3, 0.4) is 0 Å². The third-order valence-electron chi connectivity index (χ3n) is 2.97. The van der Waals surface area contributed by atoms with E-state index in [2.05, 4.69) is 11.8 Å².